The minimum atomic E-state index is 0.376. The van der Waals surface area contributed by atoms with Crippen LogP contribution >= 0.6 is 0 Å². The van der Waals surface area contributed by atoms with Crippen molar-refractivity contribution in [3.05, 3.63) is 30.5 Å². The molecule has 0 radical (unpaired) electrons. The van der Waals surface area contributed by atoms with Crippen molar-refractivity contribution < 1.29 is 4.52 Å². The number of para-hydroxylation sites is 1. The van der Waals surface area contributed by atoms with Crippen molar-refractivity contribution in [2.75, 3.05) is 43.9 Å². The second-order valence-electron chi connectivity index (χ2n) is 4.91. The first-order valence-electron chi connectivity index (χ1n) is 6.49. The summed E-state index contributed by atoms with van der Waals surface area (Å²) < 4.78 is 4.98. The van der Waals surface area contributed by atoms with Crippen LogP contribution in [0.25, 0.3) is 11.1 Å². The Kier molecular flexibility index (Phi) is 3.13. The first-order valence-corrected chi connectivity index (χ1v) is 6.49. The molecule has 0 atom stereocenters. The number of nitrogens with zero attached hydrogens (tertiary/aromatic N) is 3. The Bertz CT molecular complexity index is 558. The number of nitrogen functional groups attached to an aromatic ring is 1. The Morgan fingerprint density at radius 1 is 1.11 bits per heavy atom. The zero-order chi connectivity index (χ0) is 13.2. The van der Waals surface area contributed by atoms with Gasteiger partial charge in [0.2, 0.25) is 5.88 Å². The van der Waals surface area contributed by atoms with Gasteiger partial charge in [-0.3, -0.25) is 0 Å². The van der Waals surface area contributed by atoms with E-state index in [1.54, 1.807) is 6.20 Å². The largest absolute Gasteiger partial charge is 0.368 e. The molecular weight excluding hydrogens is 240 g/mol. The molecular formula is C14H18N4O. The van der Waals surface area contributed by atoms with Gasteiger partial charge >= 0.3 is 0 Å². The maximum Gasteiger partial charge on any atom is 0.230 e. The van der Waals surface area contributed by atoms with E-state index in [4.69, 9.17) is 10.3 Å². The third kappa shape index (κ3) is 2.29. The maximum atomic E-state index is 5.84. The predicted molar refractivity (Wildman–Crippen MR) is 76.1 cm³/mol. The quantitative estimate of drug-likeness (QED) is 0.888. The molecule has 1 aliphatic rings. The molecule has 1 fully saturated rings. The number of piperazine rings is 1. The highest BCUT2D eigenvalue weighted by Gasteiger charge is 2.19. The van der Waals surface area contributed by atoms with E-state index in [0.29, 0.717) is 5.88 Å². The minimum Gasteiger partial charge on any atom is -0.368 e. The predicted octanol–water partition coefficient (Wildman–Crippen LogP) is 1.68. The molecule has 0 bridgehead atoms. The van der Waals surface area contributed by atoms with Crippen LogP contribution in [0.5, 0.6) is 0 Å². The van der Waals surface area contributed by atoms with E-state index >= 15 is 0 Å². The molecule has 5 nitrogen and oxygen atoms in total. The molecule has 1 aliphatic heterocycles. The summed E-state index contributed by atoms with van der Waals surface area (Å²) in [6.07, 6.45) is 1.68. The van der Waals surface area contributed by atoms with Gasteiger partial charge < -0.3 is 20.1 Å². The summed E-state index contributed by atoms with van der Waals surface area (Å²) >= 11 is 0. The molecule has 100 valence electrons. The first-order chi connectivity index (χ1) is 9.25. The third-order valence-corrected chi connectivity index (χ3v) is 3.64. The fourth-order valence-corrected chi connectivity index (χ4v) is 2.48. The van der Waals surface area contributed by atoms with E-state index < -0.39 is 0 Å². The van der Waals surface area contributed by atoms with E-state index in [0.717, 1.165) is 37.3 Å². The molecule has 2 aromatic rings. The number of aromatic nitrogens is 1. The molecule has 1 aromatic carbocycles. The molecule has 2 heterocycles. The van der Waals surface area contributed by atoms with Crippen LogP contribution in [0.4, 0.5) is 11.6 Å². The molecule has 5 heteroatoms. The normalized spacial score (nSPS) is 16.8. The second-order valence-corrected chi connectivity index (χ2v) is 4.91. The summed E-state index contributed by atoms with van der Waals surface area (Å²) in [6.45, 7) is 4.21. The van der Waals surface area contributed by atoms with Gasteiger partial charge in [-0.2, -0.15) is 0 Å². The van der Waals surface area contributed by atoms with Gasteiger partial charge in [0, 0.05) is 37.4 Å². The van der Waals surface area contributed by atoms with E-state index in [2.05, 4.69) is 40.2 Å². The van der Waals surface area contributed by atoms with Crippen LogP contribution < -0.4 is 10.6 Å². The molecule has 2 N–H and O–H groups in total. The topological polar surface area (TPSA) is 58.5 Å². The third-order valence-electron chi connectivity index (χ3n) is 3.64. The summed E-state index contributed by atoms with van der Waals surface area (Å²) in [7, 11) is 2.15. The van der Waals surface area contributed by atoms with Crippen LogP contribution in [-0.2, 0) is 0 Å². The highest BCUT2D eigenvalue weighted by molar-refractivity contribution is 5.83. The number of hydrogen-bond donors (Lipinski definition) is 1. The van der Waals surface area contributed by atoms with Gasteiger partial charge in [-0.25, -0.2) is 0 Å². The Labute approximate surface area is 112 Å². The van der Waals surface area contributed by atoms with Crippen molar-refractivity contribution in [1.29, 1.82) is 0 Å². The van der Waals surface area contributed by atoms with Crippen molar-refractivity contribution in [2.24, 2.45) is 0 Å². The smallest absolute Gasteiger partial charge is 0.230 e. The number of likely N-dealkylation sites (N-methyl/N-ethyl adjacent to an activating group) is 1. The number of rotatable bonds is 2. The van der Waals surface area contributed by atoms with Crippen LogP contribution in [0.3, 0.4) is 0 Å². The van der Waals surface area contributed by atoms with Crippen molar-refractivity contribution in [3.8, 4) is 11.1 Å². The number of benzene rings is 1. The molecule has 0 aliphatic carbocycles. The van der Waals surface area contributed by atoms with Gasteiger partial charge in [0.25, 0.3) is 0 Å². The van der Waals surface area contributed by atoms with Gasteiger partial charge in [0.1, 0.15) is 0 Å². The lowest BCUT2D eigenvalue weighted by molar-refractivity contribution is 0.313. The molecule has 1 aromatic heterocycles. The molecule has 1 saturated heterocycles. The summed E-state index contributed by atoms with van der Waals surface area (Å²) in [4.78, 5) is 4.73. The van der Waals surface area contributed by atoms with Crippen molar-refractivity contribution in [3.63, 3.8) is 0 Å². The van der Waals surface area contributed by atoms with Crippen molar-refractivity contribution in [1.82, 2.24) is 10.1 Å². The standard InChI is InChI=1S/C14H18N4O/c1-17-6-8-18(9-7-17)13-5-3-2-4-11(13)12-10-16-19-14(12)15/h2-5,10H,6-9,15H2,1H3. The van der Waals surface area contributed by atoms with E-state index in [1.165, 1.54) is 5.69 Å². The van der Waals surface area contributed by atoms with Crippen molar-refractivity contribution in [2.45, 2.75) is 0 Å². The zero-order valence-corrected chi connectivity index (χ0v) is 11.0. The highest BCUT2D eigenvalue weighted by Crippen LogP contribution is 2.34. The summed E-state index contributed by atoms with van der Waals surface area (Å²) in [5.41, 5.74) is 9.00. The summed E-state index contributed by atoms with van der Waals surface area (Å²) in [5.74, 6) is 0.376. The Balaban J connectivity index is 1.96. The Morgan fingerprint density at radius 3 is 2.53 bits per heavy atom. The fourth-order valence-electron chi connectivity index (χ4n) is 2.48. The molecule has 0 spiro atoms. The Hall–Kier alpha value is -2.01. The lowest BCUT2D eigenvalue weighted by Crippen LogP contribution is -2.44. The molecule has 3 rings (SSSR count). The average molecular weight is 258 g/mol. The van der Waals surface area contributed by atoms with Crippen LogP contribution in [0.1, 0.15) is 0 Å². The fraction of sp³-hybridized carbons (Fsp3) is 0.357. The van der Waals surface area contributed by atoms with Crippen molar-refractivity contribution >= 4 is 11.6 Å². The minimum absolute atomic E-state index is 0.376. The van der Waals surface area contributed by atoms with Crippen LogP contribution in [-0.4, -0.2) is 43.3 Å². The Morgan fingerprint density at radius 2 is 1.84 bits per heavy atom. The van der Waals surface area contributed by atoms with Gasteiger partial charge in [0.05, 0.1) is 11.8 Å². The SMILES string of the molecule is CN1CCN(c2ccccc2-c2cnoc2N)CC1. The summed E-state index contributed by atoms with van der Waals surface area (Å²) in [6, 6.07) is 8.27. The molecule has 0 unspecified atom stereocenters. The van der Waals surface area contributed by atoms with Crippen LogP contribution in [0.2, 0.25) is 0 Å². The van der Waals surface area contributed by atoms with Gasteiger partial charge in [-0.1, -0.05) is 23.4 Å². The highest BCUT2D eigenvalue weighted by atomic mass is 16.5. The molecule has 19 heavy (non-hydrogen) atoms. The van der Waals surface area contributed by atoms with Crippen LogP contribution in [0.15, 0.2) is 35.0 Å². The number of nitrogens with two attached hydrogens (primary N) is 1. The van der Waals surface area contributed by atoms with E-state index in [9.17, 15) is 0 Å². The van der Waals surface area contributed by atoms with Gasteiger partial charge in [0.15, 0.2) is 0 Å². The van der Waals surface area contributed by atoms with E-state index in [-0.39, 0.29) is 0 Å². The monoisotopic (exact) mass is 258 g/mol. The average Bonchev–Trinajstić information content (AvgIpc) is 2.86. The number of anilines is 2. The van der Waals surface area contributed by atoms with Crippen LogP contribution in [0, 0.1) is 0 Å². The lowest BCUT2D eigenvalue weighted by Gasteiger charge is -2.35. The van der Waals surface area contributed by atoms with E-state index in [1.807, 2.05) is 6.07 Å². The zero-order valence-electron chi connectivity index (χ0n) is 11.0. The second kappa shape index (κ2) is 4.93. The molecule has 0 amide bonds. The summed E-state index contributed by atoms with van der Waals surface area (Å²) in [5, 5.41) is 3.77. The van der Waals surface area contributed by atoms with Gasteiger partial charge in [-0.15, -0.1) is 0 Å². The molecule has 0 saturated carbocycles. The van der Waals surface area contributed by atoms with Gasteiger partial charge in [-0.05, 0) is 13.1 Å². The first kappa shape index (κ1) is 12.0. The lowest BCUT2D eigenvalue weighted by atomic mass is 10.1. The number of hydrogen-bond acceptors (Lipinski definition) is 5. The maximum absolute atomic E-state index is 5.84.